The van der Waals surface area contributed by atoms with Gasteiger partial charge in [-0.3, -0.25) is 0 Å². The zero-order chi connectivity index (χ0) is 25.1. The first-order chi connectivity index (χ1) is 16.0. The molecule has 0 atom stereocenters. The van der Waals surface area contributed by atoms with Gasteiger partial charge in [0.05, 0.1) is 10.6 Å². The molecular formula is C22H23F2N5O4S. The Morgan fingerprint density at radius 3 is 2.41 bits per heavy atom. The Morgan fingerprint density at radius 2 is 1.88 bits per heavy atom. The number of benzene rings is 1. The number of carbonyl (C=O) groups is 1. The smallest absolute Gasteiger partial charge is 0.387 e. The van der Waals surface area contributed by atoms with Crippen LogP contribution in [0.5, 0.6) is 5.75 Å². The van der Waals surface area contributed by atoms with Crippen LogP contribution in [0.15, 0.2) is 65.7 Å². The van der Waals surface area contributed by atoms with Gasteiger partial charge in [-0.05, 0) is 61.8 Å². The number of aromatic nitrogens is 2. The van der Waals surface area contributed by atoms with E-state index in [1.165, 1.54) is 42.5 Å². The van der Waals surface area contributed by atoms with E-state index < -0.39 is 27.2 Å². The van der Waals surface area contributed by atoms with Crippen molar-refractivity contribution in [3.63, 3.8) is 0 Å². The topological polar surface area (TPSA) is 150 Å². The predicted molar refractivity (Wildman–Crippen MR) is 122 cm³/mol. The molecule has 1 saturated carbocycles. The molecule has 0 saturated heterocycles. The monoisotopic (exact) mass is 491 g/mol. The van der Waals surface area contributed by atoms with E-state index in [0.29, 0.717) is 24.1 Å². The van der Waals surface area contributed by atoms with E-state index in [1.54, 1.807) is 13.0 Å². The molecule has 1 aromatic carbocycles. The average molecular weight is 492 g/mol. The number of halogens is 2. The molecule has 1 heterocycles. The van der Waals surface area contributed by atoms with E-state index in [0.717, 1.165) is 0 Å². The summed E-state index contributed by atoms with van der Waals surface area (Å²) in [5.41, 5.74) is 12.2. The standard InChI is InChI=1S/C22H23F2N5O4S/c1-3-14(27-21(26)30)5-4-13(2)19-28-17(12-18(25)29-19)22(10-11-22)34(31,32)16-8-6-15(7-9-16)33-20(23)24/h3-9,12,20H,1,10-11H2,2H3,(H2,25,28,29)(H3,26,27,30)/b13-4+,14-5+. The maximum atomic E-state index is 13.4. The van der Waals surface area contributed by atoms with Crippen LogP contribution in [0.25, 0.3) is 5.57 Å². The fourth-order valence-electron chi connectivity index (χ4n) is 3.27. The lowest BCUT2D eigenvalue weighted by Gasteiger charge is -2.17. The number of alkyl halides is 2. The number of nitrogens with two attached hydrogens (primary N) is 2. The van der Waals surface area contributed by atoms with Crippen molar-refractivity contribution >= 4 is 27.3 Å². The van der Waals surface area contributed by atoms with Gasteiger partial charge in [-0.2, -0.15) is 8.78 Å². The van der Waals surface area contributed by atoms with Crippen LogP contribution in [0.2, 0.25) is 0 Å². The third-order valence-electron chi connectivity index (χ3n) is 5.14. The number of sulfone groups is 1. The van der Waals surface area contributed by atoms with Crippen LogP contribution in [0, 0.1) is 0 Å². The van der Waals surface area contributed by atoms with Gasteiger partial charge in [0.2, 0.25) is 0 Å². The van der Waals surface area contributed by atoms with Crippen LogP contribution in [-0.4, -0.2) is 31.0 Å². The van der Waals surface area contributed by atoms with Crippen LogP contribution in [-0.2, 0) is 14.6 Å². The number of allylic oxidation sites excluding steroid dienone is 4. The zero-order valence-electron chi connectivity index (χ0n) is 18.2. The summed E-state index contributed by atoms with van der Waals surface area (Å²) in [6, 6.07) is 5.44. The molecule has 3 rings (SSSR count). The number of nitrogens with zero attached hydrogens (tertiary/aromatic N) is 2. The SMILES string of the molecule is C=C/C(=C\C=C(/C)c1nc(N)cc(C2(S(=O)(=O)c3ccc(OC(F)F)cc3)CC2)n1)NC(N)=O. The van der Waals surface area contributed by atoms with Crippen LogP contribution in [0.3, 0.4) is 0 Å². The summed E-state index contributed by atoms with van der Waals surface area (Å²) in [6.45, 7) is 2.25. The van der Waals surface area contributed by atoms with Crippen molar-refractivity contribution < 1.29 is 26.7 Å². The van der Waals surface area contributed by atoms with Crippen LogP contribution in [0.4, 0.5) is 19.4 Å². The number of ether oxygens (including phenoxy) is 1. The Labute approximate surface area is 195 Å². The van der Waals surface area contributed by atoms with E-state index in [-0.39, 0.29) is 28.0 Å². The third-order valence-corrected chi connectivity index (χ3v) is 7.68. The van der Waals surface area contributed by atoms with Gasteiger partial charge >= 0.3 is 12.6 Å². The molecule has 0 radical (unpaired) electrons. The maximum Gasteiger partial charge on any atom is 0.387 e. The first kappa shape index (κ1) is 24.8. The fourth-order valence-corrected chi connectivity index (χ4v) is 5.23. The number of hydrogen-bond donors (Lipinski definition) is 3. The van der Waals surface area contributed by atoms with Crippen LogP contribution < -0.4 is 21.5 Å². The lowest BCUT2D eigenvalue weighted by atomic mass is 10.2. The Bertz CT molecular complexity index is 1270. The zero-order valence-corrected chi connectivity index (χ0v) is 19.0. The van der Waals surface area contributed by atoms with Gasteiger partial charge < -0.3 is 21.5 Å². The molecule has 12 heteroatoms. The number of urea groups is 1. The maximum absolute atomic E-state index is 13.4. The minimum Gasteiger partial charge on any atom is -0.435 e. The molecule has 5 N–H and O–H groups in total. The molecule has 34 heavy (non-hydrogen) atoms. The summed E-state index contributed by atoms with van der Waals surface area (Å²) >= 11 is 0. The largest absolute Gasteiger partial charge is 0.435 e. The molecule has 2 aromatic rings. The summed E-state index contributed by atoms with van der Waals surface area (Å²) < 4.78 is 54.6. The summed E-state index contributed by atoms with van der Waals surface area (Å²) in [6.07, 6.45) is 5.15. The second-order valence-corrected chi connectivity index (χ2v) is 9.77. The second kappa shape index (κ2) is 9.59. The molecule has 0 unspecified atom stereocenters. The molecule has 0 bridgehead atoms. The number of anilines is 1. The van der Waals surface area contributed by atoms with Gasteiger partial charge in [0.25, 0.3) is 0 Å². The Kier molecular flexibility index (Phi) is 7.01. The highest BCUT2D eigenvalue weighted by Gasteiger charge is 2.57. The van der Waals surface area contributed by atoms with Gasteiger partial charge in [0, 0.05) is 11.8 Å². The molecule has 1 aliphatic rings. The Morgan fingerprint density at radius 1 is 1.24 bits per heavy atom. The molecule has 9 nitrogen and oxygen atoms in total. The average Bonchev–Trinajstić information content (AvgIpc) is 3.58. The van der Waals surface area contributed by atoms with Crippen molar-refractivity contribution in [1.29, 1.82) is 0 Å². The summed E-state index contributed by atoms with van der Waals surface area (Å²) in [4.78, 5) is 19.6. The normalized spacial score (nSPS) is 15.6. The van der Waals surface area contributed by atoms with Crippen molar-refractivity contribution in [3.05, 3.63) is 72.4 Å². The number of hydrogen-bond acceptors (Lipinski definition) is 7. The van der Waals surface area contributed by atoms with Gasteiger partial charge in [0.1, 0.15) is 16.3 Å². The van der Waals surface area contributed by atoms with Crippen molar-refractivity contribution in [3.8, 4) is 5.75 Å². The minimum atomic E-state index is -3.92. The second-order valence-electron chi connectivity index (χ2n) is 7.51. The van der Waals surface area contributed by atoms with E-state index in [2.05, 4.69) is 26.6 Å². The number of nitrogen functional groups attached to an aromatic ring is 1. The first-order valence-electron chi connectivity index (χ1n) is 10.0. The lowest BCUT2D eigenvalue weighted by Crippen LogP contribution is -2.27. The molecule has 1 fully saturated rings. The minimum absolute atomic E-state index is 0.0475. The fraction of sp³-hybridized carbons (Fsp3) is 0.227. The molecule has 2 amide bonds. The van der Waals surface area contributed by atoms with Crippen LogP contribution in [0.1, 0.15) is 31.3 Å². The highest BCUT2D eigenvalue weighted by atomic mass is 32.2. The Balaban J connectivity index is 1.96. The number of rotatable bonds is 9. The van der Waals surface area contributed by atoms with Gasteiger partial charge in [-0.25, -0.2) is 23.2 Å². The number of primary amides is 1. The first-order valence-corrected chi connectivity index (χ1v) is 11.5. The molecular weight excluding hydrogens is 468 g/mol. The van der Waals surface area contributed by atoms with Gasteiger partial charge in [-0.1, -0.05) is 12.7 Å². The summed E-state index contributed by atoms with van der Waals surface area (Å²) in [5, 5.41) is 2.39. The quantitative estimate of drug-likeness (QED) is 0.456. The van der Waals surface area contributed by atoms with Crippen molar-refractivity contribution in [1.82, 2.24) is 15.3 Å². The molecule has 180 valence electrons. The molecule has 0 aliphatic heterocycles. The Hall–Kier alpha value is -3.80. The van der Waals surface area contributed by atoms with Gasteiger partial charge in [0.15, 0.2) is 15.7 Å². The molecule has 0 spiro atoms. The number of nitrogens with one attached hydrogen (secondary N) is 1. The van der Waals surface area contributed by atoms with Crippen molar-refractivity contribution in [2.45, 2.75) is 36.0 Å². The molecule has 1 aliphatic carbocycles. The molecule has 1 aromatic heterocycles. The highest BCUT2D eigenvalue weighted by Crippen LogP contribution is 2.54. The summed E-state index contributed by atoms with van der Waals surface area (Å²) in [7, 11) is -3.92. The number of carbonyl (C=O) groups excluding carboxylic acids is 1. The number of amides is 2. The van der Waals surface area contributed by atoms with E-state index in [1.807, 2.05) is 0 Å². The lowest BCUT2D eigenvalue weighted by molar-refractivity contribution is -0.0498. The van der Waals surface area contributed by atoms with Crippen molar-refractivity contribution in [2.75, 3.05) is 5.73 Å². The van der Waals surface area contributed by atoms with E-state index >= 15 is 0 Å². The van der Waals surface area contributed by atoms with Crippen molar-refractivity contribution in [2.24, 2.45) is 5.73 Å². The van der Waals surface area contributed by atoms with E-state index in [4.69, 9.17) is 11.5 Å². The van der Waals surface area contributed by atoms with E-state index in [9.17, 15) is 22.0 Å². The van der Waals surface area contributed by atoms with Crippen LogP contribution >= 0.6 is 0 Å². The highest BCUT2D eigenvalue weighted by molar-refractivity contribution is 7.92. The van der Waals surface area contributed by atoms with Gasteiger partial charge in [-0.15, -0.1) is 0 Å². The summed E-state index contributed by atoms with van der Waals surface area (Å²) in [5.74, 6) is 0.139. The third kappa shape index (κ3) is 5.22. The predicted octanol–water partition coefficient (Wildman–Crippen LogP) is 3.26.